The van der Waals surface area contributed by atoms with Crippen LogP contribution in [0.4, 0.5) is 8.78 Å². The molecule has 0 aliphatic heterocycles. The van der Waals surface area contributed by atoms with Crippen LogP contribution < -0.4 is 5.73 Å². The van der Waals surface area contributed by atoms with E-state index in [-0.39, 0.29) is 12.2 Å². The maximum atomic E-state index is 13.1. The SMILES string of the molecule is COCC(N)C(=O)c1cc(F)ccc1F. The van der Waals surface area contributed by atoms with Crippen LogP contribution in [0.1, 0.15) is 10.4 Å². The Labute approximate surface area is 85.8 Å². The second kappa shape index (κ2) is 4.95. The van der Waals surface area contributed by atoms with Crippen LogP contribution in [-0.4, -0.2) is 25.5 Å². The lowest BCUT2D eigenvalue weighted by Crippen LogP contribution is -2.35. The molecule has 0 spiro atoms. The Morgan fingerprint density at radius 3 is 2.80 bits per heavy atom. The Morgan fingerprint density at radius 1 is 1.53 bits per heavy atom. The van der Waals surface area contributed by atoms with Gasteiger partial charge in [0.25, 0.3) is 0 Å². The van der Waals surface area contributed by atoms with E-state index >= 15 is 0 Å². The van der Waals surface area contributed by atoms with Crippen molar-refractivity contribution in [3.05, 3.63) is 35.4 Å². The molecule has 5 heteroatoms. The van der Waals surface area contributed by atoms with Gasteiger partial charge in [-0.3, -0.25) is 4.79 Å². The van der Waals surface area contributed by atoms with Crippen molar-refractivity contribution in [1.29, 1.82) is 0 Å². The highest BCUT2D eigenvalue weighted by atomic mass is 19.1. The number of carbonyl (C=O) groups excluding carboxylic acids is 1. The summed E-state index contributed by atoms with van der Waals surface area (Å²) in [5.41, 5.74) is 5.07. The summed E-state index contributed by atoms with van der Waals surface area (Å²) in [6, 6.07) is 1.68. The number of carbonyl (C=O) groups is 1. The lowest BCUT2D eigenvalue weighted by molar-refractivity contribution is 0.0888. The average molecular weight is 215 g/mol. The molecular formula is C10H11F2NO2. The van der Waals surface area contributed by atoms with E-state index in [0.29, 0.717) is 0 Å². The molecule has 0 amide bonds. The summed E-state index contributed by atoms with van der Waals surface area (Å²) < 4.78 is 30.6. The molecule has 2 N–H and O–H groups in total. The third kappa shape index (κ3) is 2.81. The minimum atomic E-state index is -0.980. The molecule has 0 saturated carbocycles. The first kappa shape index (κ1) is 11.7. The smallest absolute Gasteiger partial charge is 0.184 e. The molecule has 0 bridgehead atoms. The van der Waals surface area contributed by atoms with Gasteiger partial charge in [-0.25, -0.2) is 8.78 Å². The van der Waals surface area contributed by atoms with E-state index in [2.05, 4.69) is 4.74 Å². The molecule has 1 rings (SSSR count). The predicted molar refractivity (Wildman–Crippen MR) is 50.5 cm³/mol. The summed E-state index contributed by atoms with van der Waals surface area (Å²) >= 11 is 0. The molecule has 0 aliphatic carbocycles. The van der Waals surface area contributed by atoms with Crippen molar-refractivity contribution in [2.24, 2.45) is 5.73 Å². The average Bonchev–Trinajstić information content (AvgIpc) is 2.21. The minimum Gasteiger partial charge on any atom is -0.383 e. The van der Waals surface area contributed by atoms with Crippen molar-refractivity contribution < 1.29 is 18.3 Å². The normalized spacial score (nSPS) is 12.5. The highest BCUT2D eigenvalue weighted by Gasteiger charge is 2.19. The quantitative estimate of drug-likeness (QED) is 0.766. The maximum absolute atomic E-state index is 13.1. The van der Waals surface area contributed by atoms with E-state index in [0.717, 1.165) is 18.2 Å². The zero-order chi connectivity index (χ0) is 11.4. The van der Waals surface area contributed by atoms with Crippen molar-refractivity contribution in [2.45, 2.75) is 6.04 Å². The van der Waals surface area contributed by atoms with Crippen molar-refractivity contribution in [2.75, 3.05) is 13.7 Å². The molecule has 0 radical (unpaired) electrons. The Morgan fingerprint density at radius 2 is 2.20 bits per heavy atom. The van der Waals surface area contributed by atoms with Crippen molar-refractivity contribution in [1.82, 2.24) is 0 Å². The van der Waals surface area contributed by atoms with Crippen molar-refractivity contribution >= 4 is 5.78 Å². The molecule has 3 nitrogen and oxygen atoms in total. The highest BCUT2D eigenvalue weighted by Crippen LogP contribution is 2.11. The summed E-state index contributed by atoms with van der Waals surface area (Å²) in [5.74, 6) is -2.13. The first-order valence-corrected chi connectivity index (χ1v) is 4.30. The van der Waals surface area contributed by atoms with Crippen LogP contribution >= 0.6 is 0 Å². The summed E-state index contributed by atoms with van der Waals surface area (Å²) in [7, 11) is 1.37. The Kier molecular flexibility index (Phi) is 3.88. The van der Waals surface area contributed by atoms with Crippen LogP contribution in [0.15, 0.2) is 18.2 Å². The van der Waals surface area contributed by atoms with E-state index in [1.807, 2.05) is 0 Å². The molecule has 15 heavy (non-hydrogen) atoms. The molecule has 0 aromatic heterocycles. The fourth-order valence-electron chi connectivity index (χ4n) is 1.14. The van der Waals surface area contributed by atoms with Gasteiger partial charge >= 0.3 is 0 Å². The van der Waals surface area contributed by atoms with Gasteiger partial charge in [0.1, 0.15) is 11.6 Å². The highest BCUT2D eigenvalue weighted by molar-refractivity contribution is 6.00. The Balaban J connectivity index is 2.95. The number of hydrogen-bond acceptors (Lipinski definition) is 3. The summed E-state index contributed by atoms with van der Waals surface area (Å²) in [6.07, 6.45) is 0. The first-order valence-electron chi connectivity index (χ1n) is 4.30. The van der Waals surface area contributed by atoms with E-state index in [4.69, 9.17) is 5.73 Å². The number of benzene rings is 1. The number of rotatable bonds is 4. The number of methoxy groups -OCH3 is 1. The maximum Gasteiger partial charge on any atom is 0.184 e. The number of ether oxygens (including phenoxy) is 1. The van der Waals surface area contributed by atoms with Gasteiger partial charge in [0.15, 0.2) is 5.78 Å². The minimum absolute atomic E-state index is 0.0329. The third-order valence-corrected chi connectivity index (χ3v) is 1.88. The molecule has 0 saturated heterocycles. The zero-order valence-electron chi connectivity index (χ0n) is 8.17. The van der Waals surface area contributed by atoms with Gasteiger partial charge in [-0.05, 0) is 18.2 Å². The lowest BCUT2D eigenvalue weighted by Gasteiger charge is -2.09. The van der Waals surface area contributed by atoms with Crippen LogP contribution in [-0.2, 0) is 4.74 Å². The molecule has 1 atom stereocenters. The standard InChI is InChI=1S/C10H11F2NO2/c1-15-5-9(13)10(14)7-4-6(11)2-3-8(7)12/h2-4,9H,5,13H2,1H3. The van der Waals surface area contributed by atoms with Gasteiger partial charge in [-0.1, -0.05) is 0 Å². The Hall–Kier alpha value is -1.33. The summed E-state index contributed by atoms with van der Waals surface area (Å²) in [6.45, 7) is -0.0329. The number of ketones is 1. The van der Waals surface area contributed by atoms with Crippen LogP contribution in [0.5, 0.6) is 0 Å². The van der Waals surface area contributed by atoms with E-state index in [9.17, 15) is 13.6 Å². The second-order valence-corrected chi connectivity index (χ2v) is 3.05. The summed E-state index contributed by atoms with van der Waals surface area (Å²) in [5, 5.41) is 0. The monoisotopic (exact) mass is 215 g/mol. The third-order valence-electron chi connectivity index (χ3n) is 1.88. The van der Waals surface area contributed by atoms with Gasteiger partial charge in [0.05, 0.1) is 18.2 Å². The van der Waals surface area contributed by atoms with Crippen LogP contribution in [0.25, 0.3) is 0 Å². The Bertz CT molecular complexity index is 368. The van der Waals surface area contributed by atoms with Crippen molar-refractivity contribution in [3.63, 3.8) is 0 Å². The van der Waals surface area contributed by atoms with Crippen LogP contribution in [0.2, 0.25) is 0 Å². The lowest BCUT2D eigenvalue weighted by atomic mass is 10.0. The number of nitrogens with two attached hydrogens (primary N) is 1. The van der Waals surface area contributed by atoms with Gasteiger partial charge < -0.3 is 10.5 Å². The van der Waals surface area contributed by atoms with Gasteiger partial charge in [0.2, 0.25) is 0 Å². The van der Waals surface area contributed by atoms with Crippen LogP contribution in [0, 0.1) is 11.6 Å². The van der Waals surface area contributed by atoms with Crippen LogP contribution in [0.3, 0.4) is 0 Å². The number of halogens is 2. The van der Waals surface area contributed by atoms with E-state index in [1.165, 1.54) is 7.11 Å². The van der Waals surface area contributed by atoms with E-state index < -0.39 is 23.5 Å². The molecule has 1 aromatic rings. The molecule has 1 unspecified atom stereocenters. The second-order valence-electron chi connectivity index (χ2n) is 3.05. The predicted octanol–water partition coefficient (Wildman–Crippen LogP) is 1.12. The largest absolute Gasteiger partial charge is 0.383 e. The topological polar surface area (TPSA) is 52.3 Å². The van der Waals surface area contributed by atoms with E-state index in [1.54, 1.807) is 0 Å². The van der Waals surface area contributed by atoms with Gasteiger partial charge in [0, 0.05) is 7.11 Å². The fraction of sp³-hybridized carbons (Fsp3) is 0.300. The van der Waals surface area contributed by atoms with Gasteiger partial charge in [-0.2, -0.15) is 0 Å². The summed E-state index contributed by atoms with van der Waals surface area (Å²) in [4.78, 5) is 11.5. The first-order chi connectivity index (χ1) is 7.06. The fourth-order valence-corrected chi connectivity index (χ4v) is 1.14. The van der Waals surface area contributed by atoms with Gasteiger partial charge in [-0.15, -0.1) is 0 Å². The number of Topliss-reactive ketones (excluding diaryl/α,β-unsaturated/α-hetero) is 1. The molecular weight excluding hydrogens is 204 g/mol. The molecule has 82 valence electrons. The zero-order valence-corrected chi connectivity index (χ0v) is 8.17. The van der Waals surface area contributed by atoms with Crippen molar-refractivity contribution in [3.8, 4) is 0 Å². The molecule has 1 aromatic carbocycles. The molecule has 0 heterocycles. The molecule has 0 fully saturated rings. The molecule has 0 aliphatic rings. The number of hydrogen-bond donors (Lipinski definition) is 1.